The van der Waals surface area contributed by atoms with E-state index >= 15 is 0 Å². The average molecular weight is 311 g/mol. The molecule has 0 aliphatic heterocycles. The fraction of sp³-hybridized carbons (Fsp3) is 0.625. The summed E-state index contributed by atoms with van der Waals surface area (Å²) in [5.74, 6) is 0.848. The van der Waals surface area contributed by atoms with E-state index in [0.717, 1.165) is 22.4 Å². The van der Waals surface area contributed by atoms with Gasteiger partial charge in [0.1, 0.15) is 0 Å². The number of rotatable bonds is 4. The van der Waals surface area contributed by atoms with Gasteiger partial charge in [-0.3, -0.25) is 0 Å². The molecule has 0 amide bonds. The summed E-state index contributed by atoms with van der Waals surface area (Å²) in [5.41, 5.74) is 2.26. The number of hydrogen-bond acceptors (Lipinski definition) is 1. The number of hydrogen-bond donors (Lipinski definition) is 1. The SMILES string of the molecule is Cc1c(Br)cccc1C(O)CCC1CCCCC1. The van der Waals surface area contributed by atoms with E-state index in [1.54, 1.807) is 0 Å². The predicted molar refractivity (Wildman–Crippen MR) is 79.6 cm³/mol. The molecule has 0 spiro atoms. The first-order valence-corrected chi connectivity index (χ1v) is 7.91. The smallest absolute Gasteiger partial charge is 0.0793 e. The second kappa shape index (κ2) is 6.72. The summed E-state index contributed by atoms with van der Waals surface area (Å²) in [4.78, 5) is 0. The van der Waals surface area contributed by atoms with E-state index in [1.807, 2.05) is 18.2 Å². The summed E-state index contributed by atoms with van der Waals surface area (Å²) in [5, 5.41) is 10.3. The maximum atomic E-state index is 10.3. The van der Waals surface area contributed by atoms with E-state index < -0.39 is 0 Å². The van der Waals surface area contributed by atoms with Gasteiger partial charge in [0, 0.05) is 4.47 Å². The minimum absolute atomic E-state index is 0.301. The second-order valence-corrected chi connectivity index (χ2v) is 6.41. The van der Waals surface area contributed by atoms with Crippen LogP contribution in [0.15, 0.2) is 22.7 Å². The Morgan fingerprint density at radius 3 is 2.72 bits per heavy atom. The van der Waals surface area contributed by atoms with Crippen LogP contribution in [0.4, 0.5) is 0 Å². The van der Waals surface area contributed by atoms with Gasteiger partial charge in [0.2, 0.25) is 0 Å². The van der Waals surface area contributed by atoms with Crippen LogP contribution in [0.5, 0.6) is 0 Å². The zero-order valence-electron chi connectivity index (χ0n) is 11.2. The number of aliphatic hydroxyl groups is 1. The lowest BCUT2D eigenvalue weighted by Crippen LogP contribution is -2.09. The third-order valence-electron chi connectivity index (χ3n) is 4.24. The van der Waals surface area contributed by atoms with Crippen molar-refractivity contribution < 1.29 is 5.11 Å². The molecule has 1 fully saturated rings. The Hall–Kier alpha value is -0.340. The Bertz CT molecular complexity index is 383. The van der Waals surface area contributed by atoms with Gasteiger partial charge in [-0.2, -0.15) is 0 Å². The van der Waals surface area contributed by atoms with Gasteiger partial charge in [-0.1, -0.05) is 60.2 Å². The predicted octanol–water partition coefficient (Wildman–Crippen LogP) is 5.15. The molecule has 1 aromatic carbocycles. The van der Waals surface area contributed by atoms with E-state index in [1.165, 1.54) is 44.1 Å². The molecule has 1 N–H and O–H groups in total. The molecule has 0 heterocycles. The van der Waals surface area contributed by atoms with E-state index in [0.29, 0.717) is 0 Å². The topological polar surface area (TPSA) is 20.2 Å². The van der Waals surface area contributed by atoms with E-state index in [2.05, 4.69) is 22.9 Å². The first-order chi connectivity index (χ1) is 8.68. The normalized spacial score (nSPS) is 18.8. The highest BCUT2D eigenvalue weighted by Crippen LogP contribution is 2.32. The maximum absolute atomic E-state index is 10.3. The number of aliphatic hydroxyl groups excluding tert-OH is 1. The highest BCUT2D eigenvalue weighted by molar-refractivity contribution is 9.10. The van der Waals surface area contributed by atoms with Gasteiger partial charge in [0.15, 0.2) is 0 Å². The van der Waals surface area contributed by atoms with Crippen molar-refractivity contribution in [3.63, 3.8) is 0 Å². The minimum atomic E-state index is -0.301. The van der Waals surface area contributed by atoms with Gasteiger partial charge >= 0.3 is 0 Å². The fourth-order valence-corrected chi connectivity index (χ4v) is 3.39. The molecule has 18 heavy (non-hydrogen) atoms. The van der Waals surface area contributed by atoms with Crippen molar-refractivity contribution in [1.29, 1.82) is 0 Å². The van der Waals surface area contributed by atoms with Crippen LogP contribution < -0.4 is 0 Å². The second-order valence-electron chi connectivity index (χ2n) is 5.55. The lowest BCUT2D eigenvalue weighted by Gasteiger charge is -2.23. The van der Waals surface area contributed by atoms with Crippen molar-refractivity contribution in [1.82, 2.24) is 0 Å². The van der Waals surface area contributed by atoms with Gasteiger partial charge in [-0.15, -0.1) is 0 Å². The molecule has 1 nitrogen and oxygen atoms in total. The Morgan fingerprint density at radius 2 is 2.00 bits per heavy atom. The molecular formula is C16H23BrO. The first kappa shape index (κ1) is 14.1. The molecular weight excluding hydrogens is 288 g/mol. The molecule has 1 aliphatic rings. The van der Waals surface area contributed by atoms with Crippen LogP contribution in [0, 0.1) is 12.8 Å². The summed E-state index contributed by atoms with van der Waals surface area (Å²) in [6.07, 6.45) is 8.69. The summed E-state index contributed by atoms with van der Waals surface area (Å²) >= 11 is 3.53. The van der Waals surface area contributed by atoms with Crippen LogP contribution in [-0.4, -0.2) is 5.11 Å². The molecule has 2 rings (SSSR count). The molecule has 0 saturated heterocycles. The summed E-state index contributed by atoms with van der Waals surface area (Å²) < 4.78 is 1.09. The van der Waals surface area contributed by atoms with E-state index in [9.17, 15) is 5.11 Å². The van der Waals surface area contributed by atoms with Crippen molar-refractivity contribution in [3.8, 4) is 0 Å². The maximum Gasteiger partial charge on any atom is 0.0793 e. The quantitative estimate of drug-likeness (QED) is 0.815. The molecule has 2 heteroatoms. The van der Waals surface area contributed by atoms with Crippen LogP contribution in [0.25, 0.3) is 0 Å². The molecule has 1 unspecified atom stereocenters. The molecule has 1 aliphatic carbocycles. The Balaban J connectivity index is 1.90. The van der Waals surface area contributed by atoms with Crippen molar-refractivity contribution in [2.24, 2.45) is 5.92 Å². The molecule has 0 aromatic heterocycles. The lowest BCUT2D eigenvalue weighted by atomic mass is 9.84. The molecule has 100 valence electrons. The molecule has 1 saturated carbocycles. The molecule has 1 atom stereocenters. The third kappa shape index (κ3) is 3.58. The zero-order chi connectivity index (χ0) is 13.0. The van der Waals surface area contributed by atoms with Crippen LogP contribution in [0.2, 0.25) is 0 Å². The molecule has 0 radical (unpaired) electrons. The van der Waals surface area contributed by atoms with Gasteiger partial charge in [0.05, 0.1) is 6.10 Å². The number of benzene rings is 1. The molecule has 0 bridgehead atoms. The number of halogens is 1. The zero-order valence-corrected chi connectivity index (χ0v) is 12.7. The Labute approximate surface area is 119 Å². The molecule has 1 aromatic rings. The van der Waals surface area contributed by atoms with Crippen molar-refractivity contribution in [3.05, 3.63) is 33.8 Å². The third-order valence-corrected chi connectivity index (χ3v) is 5.10. The van der Waals surface area contributed by atoms with Gasteiger partial charge in [0.25, 0.3) is 0 Å². The van der Waals surface area contributed by atoms with E-state index in [-0.39, 0.29) is 6.10 Å². The lowest BCUT2D eigenvalue weighted by molar-refractivity contribution is 0.150. The van der Waals surface area contributed by atoms with Crippen LogP contribution in [0.1, 0.15) is 62.2 Å². The summed E-state index contributed by atoms with van der Waals surface area (Å²) in [6.45, 7) is 2.07. The van der Waals surface area contributed by atoms with Crippen molar-refractivity contribution in [2.45, 2.75) is 58.0 Å². The monoisotopic (exact) mass is 310 g/mol. The highest BCUT2D eigenvalue weighted by atomic mass is 79.9. The van der Waals surface area contributed by atoms with E-state index in [4.69, 9.17) is 0 Å². The van der Waals surface area contributed by atoms with Crippen LogP contribution in [0.3, 0.4) is 0 Å². The first-order valence-electron chi connectivity index (χ1n) is 7.11. The van der Waals surface area contributed by atoms with Gasteiger partial charge in [-0.05, 0) is 42.9 Å². The fourth-order valence-electron chi connectivity index (χ4n) is 3.01. The average Bonchev–Trinajstić information content (AvgIpc) is 2.40. The summed E-state index contributed by atoms with van der Waals surface area (Å²) in [6, 6.07) is 6.09. The van der Waals surface area contributed by atoms with Crippen molar-refractivity contribution in [2.75, 3.05) is 0 Å². The standard InChI is InChI=1S/C16H23BrO/c1-12-14(8-5-9-15(12)17)16(18)11-10-13-6-3-2-4-7-13/h5,8-9,13,16,18H,2-4,6-7,10-11H2,1H3. The van der Waals surface area contributed by atoms with Crippen molar-refractivity contribution >= 4 is 15.9 Å². The summed E-state index contributed by atoms with van der Waals surface area (Å²) in [7, 11) is 0. The van der Waals surface area contributed by atoms with Gasteiger partial charge < -0.3 is 5.11 Å². The van der Waals surface area contributed by atoms with Crippen LogP contribution >= 0.6 is 15.9 Å². The largest absolute Gasteiger partial charge is 0.388 e. The van der Waals surface area contributed by atoms with Gasteiger partial charge in [-0.25, -0.2) is 0 Å². The highest BCUT2D eigenvalue weighted by Gasteiger charge is 2.17. The Kier molecular flexibility index (Phi) is 5.25. The minimum Gasteiger partial charge on any atom is -0.388 e. The van der Waals surface area contributed by atoms with Crippen LogP contribution in [-0.2, 0) is 0 Å². The Morgan fingerprint density at radius 1 is 1.28 bits per heavy atom.